The zero-order chi connectivity index (χ0) is 116. The number of likely N-dealkylation sites (tertiary alicyclic amines) is 2. The van der Waals surface area contributed by atoms with E-state index in [2.05, 4.69) is 51.2 Å². The van der Waals surface area contributed by atoms with Gasteiger partial charge in [0.05, 0.1) is 44.5 Å². The number of carboxylic acids is 1. The average Bonchev–Trinajstić information content (AvgIpc) is 1.67. The van der Waals surface area contributed by atoms with Crippen LogP contribution in [0.3, 0.4) is 0 Å². The summed E-state index contributed by atoms with van der Waals surface area (Å²) in [5.74, 6) is 0.596. The van der Waals surface area contributed by atoms with Gasteiger partial charge in [0, 0.05) is 367 Å². The van der Waals surface area contributed by atoms with Gasteiger partial charge in [-0.25, -0.2) is 30.9 Å². The number of imidazole rings is 2. The number of pyridine rings is 2. The number of rotatable bonds is 11. The number of carbonyl (C=O) groups is 4. The number of benzene rings is 2. The lowest BCUT2D eigenvalue weighted by Crippen LogP contribution is -2.48. The summed E-state index contributed by atoms with van der Waals surface area (Å²) in [6.07, 6.45) is 7.31. The molecule has 2 aromatic carbocycles. The Morgan fingerprint density at radius 2 is 0.708 bits per heavy atom. The van der Waals surface area contributed by atoms with Crippen molar-refractivity contribution in [2.24, 2.45) is 0 Å². The van der Waals surface area contributed by atoms with Gasteiger partial charge in [0.1, 0.15) is 17.0 Å². The van der Waals surface area contributed by atoms with Crippen molar-refractivity contribution < 1.29 is 336 Å². The van der Waals surface area contributed by atoms with Gasteiger partial charge in [-0.2, -0.15) is 15.2 Å². The van der Waals surface area contributed by atoms with E-state index in [0.717, 1.165) is 27.8 Å². The zero-order valence-corrected chi connectivity index (χ0v) is 64.2. The fourth-order valence-corrected chi connectivity index (χ4v) is 7.78. The molecule has 3 amide bonds. The third-order valence-electron chi connectivity index (χ3n) is 12.1. The molecule has 0 unspecified atom stereocenters. The number of hydrogen-bond acceptors (Lipinski definition) is 16. The minimum Gasteiger partial charge on any atom is -0.477 e. The predicted octanol–water partition coefficient (Wildman–Crippen LogP) is 33.7. The predicted molar refractivity (Wildman–Crippen MR) is 332 cm³/mol. The summed E-state index contributed by atoms with van der Waals surface area (Å²) in [7, 11) is 2.71. The molecule has 0 atom stereocenters. The van der Waals surface area contributed by atoms with E-state index in [1.807, 2.05) is 68.6 Å². The summed E-state index contributed by atoms with van der Waals surface area (Å²) in [6, 6.07) is 20.7. The van der Waals surface area contributed by atoms with E-state index in [1.165, 1.54) is 31.0 Å². The van der Waals surface area contributed by atoms with E-state index in [9.17, 15) is 19.2 Å². The first-order valence-corrected chi connectivity index (χ1v) is 27.3. The molecule has 2 fully saturated rings. The second-order valence-corrected chi connectivity index (χ2v) is 17.0. The van der Waals surface area contributed by atoms with Crippen molar-refractivity contribution in [3.05, 3.63) is 142 Å². The van der Waals surface area contributed by atoms with Crippen molar-refractivity contribution in [2.45, 2.75) is 44.9 Å². The highest BCUT2D eigenvalue weighted by molar-refractivity contribution is 6.04. The number of aromatic nitrogens is 8. The number of fused-ring (bicyclic) bond motifs is 2. The second kappa shape index (κ2) is 182. The number of nitrogens with one attached hydrogen (secondary N) is 1. The number of aryl methyl sites for hydroxylation is 3. The van der Waals surface area contributed by atoms with E-state index in [4.69, 9.17) is 329 Å². The van der Waals surface area contributed by atoms with Gasteiger partial charge >= 0.3 is 18.2 Å². The number of nitrogens with two attached hydrogens (primary N) is 1. The minimum atomic E-state index is -1.00. The summed E-state index contributed by atoms with van der Waals surface area (Å²) in [5, 5.41) is 28.8. The quantitative estimate of drug-likeness (QED) is 0.0616. The Balaban J connectivity index is -0.0000000473. The van der Waals surface area contributed by atoms with Crippen LogP contribution >= 0.6 is 0 Å². The summed E-state index contributed by atoms with van der Waals surface area (Å²) in [6.45, 7) is 12.9. The number of nitrogen functional groups attached to an aromatic ring is 1. The number of carbonyl (C=O) groups excluding carboxylic acids is 3. The molecule has 0 radical (unpaired) electrons. The number of ether oxygens (including phenoxy) is 2. The van der Waals surface area contributed by atoms with Gasteiger partial charge in [0.25, 0.3) is 5.91 Å². The highest BCUT2D eigenvalue weighted by Gasteiger charge is 2.37. The Morgan fingerprint density at radius 1 is 0.431 bits per heavy atom. The third-order valence-corrected chi connectivity index (χ3v) is 12.1. The Bertz CT molecular complexity index is 3560. The van der Waals surface area contributed by atoms with Crippen molar-refractivity contribution in [3.63, 3.8) is 0 Å². The molecule has 8 aromatic rings. The Labute approximate surface area is 710 Å². The molecular weight excluding hydrogens is 2160 g/mol. The van der Waals surface area contributed by atoms with Crippen molar-refractivity contribution in [1.82, 2.24) is 48.9 Å². The first-order valence-electron chi connectivity index (χ1n) is 27.3. The maximum atomic E-state index is 13.1. The van der Waals surface area contributed by atoms with Gasteiger partial charge in [-0.05, 0) is 66.8 Å². The van der Waals surface area contributed by atoms with Crippen molar-refractivity contribution in [3.8, 4) is 28.8 Å². The number of aromatic carboxylic acids is 1. The highest BCUT2D eigenvalue weighted by Crippen LogP contribution is 2.31. The molecule has 2 aliphatic heterocycles. The fraction of sp³-hybridized carbons (Fsp3) is 0.280. The number of anilines is 2. The van der Waals surface area contributed by atoms with Crippen LogP contribution in [-0.4, -0.2) is 125 Å². The molecule has 0 aliphatic carbocycles. The fourth-order valence-electron chi connectivity index (χ4n) is 7.78. The Kier molecular flexibility index (Phi) is 253. The van der Waals surface area contributed by atoms with Crippen LogP contribution in [0.5, 0.6) is 0 Å². The minimum absolute atomic E-state index is 0.0387. The van der Waals surface area contributed by atoms with Crippen LogP contribution in [0.4, 0.5) is 314 Å². The number of nitriles is 1. The van der Waals surface area contributed by atoms with E-state index >= 15 is 0 Å². The number of methoxy groups -OCH3 is 2. The number of amides is 3. The van der Waals surface area contributed by atoms with Crippen molar-refractivity contribution >= 4 is 46.7 Å². The molecule has 820 valence electrons. The number of nitrogens with zero attached hydrogens (tertiary/aromatic N) is 12. The molecule has 4 N–H and O–H groups in total. The van der Waals surface area contributed by atoms with Crippen LogP contribution in [-0.2, 0) is 22.3 Å². The Hall–Kier alpha value is -14.1. The molecule has 2 saturated heterocycles. The molecule has 10 rings (SSSR count). The second-order valence-electron chi connectivity index (χ2n) is 17.0. The van der Waals surface area contributed by atoms with Crippen molar-refractivity contribution in [2.75, 3.05) is 58.0 Å². The maximum absolute atomic E-state index is 13.1. The molecule has 2 aliphatic rings. The van der Waals surface area contributed by atoms with Crippen molar-refractivity contribution in [1.29, 1.82) is 5.26 Å². The first kappa shape index (κ1) is 191. The molecule has 6 aromatic heterocycles. The van der Waals surface area contributed by atoms with Crippen LogP contribution in [0.2, 0.25) is 0 Å². The van der Waals surface area contributed by atoms with E-state index in [-0.39, 0.29) is 35.6 Å². The Morgan fingerprint density at radius 3 is 0.985 bits per heavy atom. The number of halogens is 64. The summed E-state index contributed by atoms with van der Waals surface area (Å²) in [4.78, 5) is 70.5. The molecular formula is C50H48F64N14O9. The van der Waals surface area contributed by atoms with Crippen LogP contribution in [0, 0.1) is 31.8 Å². The lowest BCUT2D eigenvalue weighted by molar-refractivity contribution is 0.0688. The molecule has 87 heteroatoms. The molecule has 137 heavy (non-hydrogen) atoms. The van der Waals surface area contributed by atoms with Crippen LogP contribution in [0.1, 0.15) is 73.3 Å². The average molecular weight is 2200 g/mol. The van der Waals surface area contributed by atoms with E-state index in [1.54, 1.807) is 32.5 Å². The smallest absolute Gasteiger partial charge is 0.409 e. The number of hydrogen-bond donors (Lipinski definition) is 3. The molecule has 8 heterocycles. The molecule has 0 spiro atoms. The van der Waals surface area contributed by atoms with Crippen LogP contribution < -0.4 is 11.1 Å². The monoisotopic (exact) mass is 2200 g/mol. The maximum Gasteiger partial charge on any atom is 0.409 e. The van der Waals surface area contributed by atoms with Gasteiger partial charge in [-0.15, -0.1) is 0 Å². The SMILES string of the molecule is COC(=O)N1CC(c2nc(-c3ccc(C)c(N)c3)no2)C1.COC(=O)N1CC(c2nc(-c3ccc(C)c(NC(=O)c4cnc5ccc(CCC#N)cn45)c3)no2)C1.FF.FF.FF.FF.FF.FF.FF.FF.FF.FF.FF.FF.FF.FF.FF.FF.FF.FF.FF.FF.FF.FF.FF.FF.FF.FF.FF.FF.FF.FF.FF.FF.[C-]#[N+]CCc1ccc2ncc(C(=O)O)n2c1. The highest BCUT2D eigenvalue weighted by atomic mass is 20.1. The van der Waals surface area contributed by atoms with Gasteiger partial charge in [-0.1, -0.05) is 46.7 Å². The molecule has 0 bridgehead atoms. The van der Waals surface area contributed by atoms with Gasteiger partial charge in [0.2, 0.25) is 30.0 Å². The lowest BCUT2D eigenvalue weighted by Gasteiger charge is -2.35. The standard InChI is InChI=1S/C25H23N7O4.C14H16N4O3.C11H9N3O2.32F2/c1-15-5-7-17(22-29-24(36-30-22)18-13-31(14-18)25(34)35-2)10-19(15)28-23(33)20-11-27-21-8-6-16(4-3-9-26)12-32(20)21;1-8-3-4-9(5-11(8)15)12-16-13(21-17-12)10-6-18(7-10)14(19)20-2;1-12-5-4-8-2-3-10-13-6-9(11(15)16)14(10)7-8;32*1-2/h5-8,10-12,18H,3-4,13-14H2,1-2H3,(H,28,33);3-5,10H,6-7,15H2,1-2H3;2-3,6-7H,4-5H2,(H,15,16);;;;;;;;;;;;;;;;;;;;;;;;;;;;;;;;. The normalized spacial score (nSPS) is 8.36. The topological polar surface area (TPSA) is 292 Å². The summed E-state index contributed by atoms with van der Waals surface area (Å²) < 4.78 is 535. The molecule has 0 saturated carbocycles. The number of carboxylic acid groups (broad SMARTS) is 1. The van der Waals surface area contributed by atoms with Gasteiger partial charge in [0.15, 0.2) is 5.69 Å². The first-order chi connectivity index (χ1) is 67.3. The third kappa shape index (κ3) is 92.1. The van der Waals surface area contributed by atoms with Gasteiger partial charge in [-0.3, -0.25) is 13.6 Å². The van der Waals surface area contributed by atoms with Gasteiger partial charge < -0.3 is 49.3 Å². The summed E-state index contributed by atoms with van der Waals surface area (Å²) in [5.41, 5.74) is 14.2. The van der Waals surface area contributed by atoms with Crippen LogP contribution in [0.15, 0.2) is 94.5 Å². The van der Waals surface area contributed by atoms with E-state index < -0.39 is 5.97 Å². The lowest BCUT2D eigenvalue weighted by atomic mass is 10.0. The summed E-state index contributed by atoms with van der Waals surface area (Å²) >= 11 is 0. The van der Waals surface area contributed by atoms with E-state index in [0.29, 0.717) is 109 Å². The largest absolute Gasteiger partial charge is 0.477 e. The zero-order valence-electron chi connectivity index (χ0n) is 64.2. The van der Waals surface area contributed by atoms with Crippen LogP contribution in [0.25, 0.3) is 38.9 Å². The molecule has 23 nitrogen and oxygen atoms in total.